The Morgan fingerprint density at radius 3 is 2.78 bits per heavy atom. The molecule has 0 radical (unpaired) electrons. The molecule has 0 amide bonds. The minimum atomic E-state index is -3.97. The monoisotopic (exact) mass is 575 g/mol. The highest BCUT2D eigenvalue weighted by atomic mass is 31.2. The molecule has 5 atom stereocenters. The van der Waals surface area contributed by atoms with Gasteiger partial charge >= 0.3 is 7.82 Å². The standard InChI is InChI=1S/C28H26N5O7P/c1-16-6-4-9-18-12-37-41(36,40-25(16)18)38-13-21-23(34)24(35)28(39-21)33-15-31-22-26(29-14-30-27(22)33)32-20-11-5-8-17-7-2-3-10-19(17)20/h2-11,14-15,21,23-24,28,34-35H,12-13H2,1H3,(H,29,30,32)/t21?,23-,24-,28?,41?/m1/s1. The number of nitrogens with zero attached hydrogens (tertiary/aromatic N) is 4. The maximum atomic E-state index is 13.1. The number of benzene rings is 3. The molecule has 41 heavy (non-hydrogen) atoms. The Morgan fingerprint density at radius 2 is 1.88 bits per heavy atom. The van der Waals surface area contributed by atoms with E-state index in [1.54, 1.807) is 0 Å². The lowest BCUT2D eigenvalue weighted by atomic mass is 10.1. The number of hydrogen-bond acceptors (Lipinski definition) is 11. The number of nitrogens with one attached hydrogen (secondary N) is 1. The van der Waals surface area contributed by atoms with Crippen molar-refractivity contribution in [1.82, 2.24) is 19.5 Å². The van der Waals surface area contributed by atoms with Gasteiger partial charge in [0.25, 0.3) is 0 Å². The Labute approximate surface area is 234 Å². The number of hydrogen-bond donors (Lipinski definition) is 3. The van der Waals surface area contributed by atoms with Gasteiger partial charge in [0, 0.05) is 16.6 Å². The van der Waals surface area contributed by atoms with Crippen LogP contribution in [0.25, 0.3) is 21.9 Å². The summed E-state index contributed by atoms with van der Waals surface area (Å²) in [6.07, 6.45) is -1.91. The molecule has 0 spiro atoms. The van der Waals surface area contributed by atoms with Crippen molar-refractivity contribution in [3.63, 3.8) is 0 Å². The fourth-order valence-corrected chi connectivity index (χ4v) is 6.45. The van der Waals surface area contributed by atoms with Crippen LogP contribution in [0, 0.1) is 6.92 Å². The summed E-state index contributed by atoms with van der Waals surface area (Å²) in [5, 5.41) is 27.1. The molecule has 12 nitrogen and oxygen atoms in total. The van der Waals surface area contributed by atoms with Crippen molar-refractivity contribution in [3.8, 4) is 5.75 Å². The second-order valence-electron chi connectivity index (χ2n) is 9.92. The van der Waals surface area contributed by atoms with Crippen molar-refractivity contribution in [2.45, 2.75) is 38.1 Å². The summed E-state index contributed by atoms with van der Waals surface area (Å²) in [6.45, 7) is 1.55. The van der Waals surface area contributed by atoms with Crippen LogP contribution in [0.1, 0.15) is 17.4 Å². The van der Waals surface area contributed by atoms with Gasteiger partial charge in [0.05, 0.1) is 19.5 Å². The zero-order chi connectivity index (χ0) is 28.1. The van der Waals surface area contributed by atoms with Gasteiger partial charge in [0.1, 0.15) is 30.4 Å². The Bertz CT molecular complexity index is 1810. The van der Waals surface area contributed by atoms with Gasteiger partial charge in [0.2, 0.25) is 0 Å². The molecule has 2 aliphatic heterocycles. The molecule has 2 aromatic heterocycles. The van der Waals surface area contributed by atoms with Gasteiger partial charge in [-0.3, -0.25) is 13.6 Å². The molecule has 7 rings (SSSR count). The molecule has 0 saturated carbocycles. The predicted octanol–water partition coefficient (Wildman–Crippen LogP) is 4.38. The molecule has 3 aromatic carbocycles. The molecular formula is C28H26N5O7P. The SMILES string of the molecule is Cc1cccc2c1OP(=O)(OCC1OC(n3cnc4c(Nc5cccc6ccccc56)ncnc43)[C@H](O)[C@@H]1O)OC2. The molecule has 0 bridgehead atoms. The normalized spacial score (nSPS) is 25.7. The first kappa shape index (κ1) is 26.0. The predicted molar refractivity (Wildman–Crippen MR) is 149 cm³/mol. The summed E-state index contributed by atoms with van der Waals surface area (Å²) >= 11 is 0. The smallest absolute Gasteiger partial charge is 0.403 e. The maximum absolute atomic E-state index is 13.1. The number of rotatable bonds is 6. The van der Waals surface area contributed by atoms with Gasteiger partial charge in [-0.1, -0.05) is 54.6 Å². The highest BCUT2D eigenvalue weighted by molar-refractivity contribution is 7.49. The van der Waals surface area contributed by atoms with Crippen LogP contribution in [-0.2, 0) is 25.0 Å². The second kappa shape index (κ2) is 10.2. The van der Waals surface area contributed by atoms with Crippen LogP contribution in [0.2, 0.25) is 0 Å². The van der Waals surface area contributed by atoms with Crippen molar-refractivity contribution < 1.29 is 33.1 Å². The number of fused-ring (bicyclic) bond motifs is 3. The van der Waals surface area contributed by atoms with E-state index in [0.717, 1.165) is 27.6 Å². The van der Waals surface area contributed by atoms with E-state index in [1.807, 2.05) is 67.6 Å². The summed E-state index contributed by atoms with van der Waals surface area (Å²) in [4.78, 5) is 13.2. The number of imidazole rings is 1. The highest BCUT2D eigenvalue weighted by Crippen LogP contribution is 2.55. The number of aliphatic hydroxyl groups excluding tert-OH is 2. The highest BCUT2D eigenvalue weighted by Gasteiger charge is 2.46. The Hall–Kier alpha value is -3.90. The van der Waals surface area contributed by atoms with Gasteiger partial charge in [-0.25, -0.2) is 19.5 Å². The van der Waals surface area contributed by atoms with Gasteiger partial charge in [-0.15, -0.1) is 0 Å². The average Bonchev–Trinajstić information content (AvgIpc) is 3.54. The third-order valence-corrected chi connectivity index (χ3v) is 8.60. The molecule has 13 heteroatoms. The minimum Gasteiger partial charge on any atom is -0.403 e. The van der Waals surface area contributed by atoms with Gasteiger partial charge in [0.15, 0.2) is 23.2 Å². The van der Waals surface area contributed by atoms with Crippen LogP contribution in [0.15, 0.2) is 73.3 Å². The minimum absolute atomic E-state index is 0.0590. The topological polar surface area (TPSA) is 150 Å². The number of para-hydroxylation sites is 1. The van der Waals surface area contributed by atoms with E-state index >= 15 is 0 Å². The molecule has 3 N–H and O–H groups in total. The number of phosphoric acid groups is 1. The van der Waals surface area contributed by atoms with E-state index < -0.39 is 32.4 Å². The number of aromatic nitrogens is 4. The molecule has 1 fully saturated rings. The number of aryl methyl sites for hydroxylation is 1. The molecule has 3 unspecified atom stereocenters. The number of ether oxygens (including phenoxy) is 1. The molecule has 210 valence electrons. The quantitative estimate of drug-likeness (QED) is 0.248. The van der Waals surface area contributed by atoms with Gasteiger partial charge < -0.3 is 24.8 Å². The number of phosphoric ester groups is 1. The summed E-state index contributed by atoms with van der Waals surface area (Å²) in [5.74, 6) is 0.920. The van der Waals surface area contributed by atoms with Crippen molar-refractivity contribution in [2.24, 2.45) is 0 Å². The van der Waals surface area contributed by atoms with E-state index in [2.05, 4.69) is 20.3 Å². The molecule has 1 saturated heterocycles. The molecule has 5 aromatic rings. The fourth-order valence-electron chi connectivity index (χ4n) is 5.16. The van der Waals surface area contributed by atoms with Crippen LogP contribution in [-0.4, -0.2) is 54.7 Å². The van der Waals surface area contributed by atoms with E-state index in [1.165, 1.54) is 17.2 Å². The first-order valence-electron chi connectivity index (χ1n) is 13.0. The zero-order valence-electron chi connectivity index (χ0n) is 21.8. The number of aliphatic hydroxyl groups is 2. The van der Waals surface area contributed by atoms with E-state index in [9.17, 15) is 14.8 Å². The molecule has 2 aliphatic rings. The lowest BCUT2D eigenvalue weighted by molar-refractivity contribution is -0.0516. The van der Waals surface area contributed by atoms with E-state index in [4.69, 9.17) is 18.3 Å². The molecular weight excluding hydrogens is 549 g/mol. The van der Waals surface area contributed by atoms with Crippen molar-refractivity contribution in [1.29, 1.82) is 0 Å². The zero-order valence-corrected chi connectivity index (χ0v) is 22.7. The Balaban J connectivity index is 1.10. The van der Waals surface area contributed by atoms with Crippen LogP contribution >= 0.6 is 7.82 Å². The first-order chi connectivity index (χ1) is 19.9. The summed E-state index contributed by atoms with van der Waals surface area (Å²) in [7, 11) is -3.97. The lowest BCUT2D eigenvalue weighted by Gasteiger charge is -2.27. The maximum Gasteiger partial charge on any atom is 0.530 e. The fraction of sp³-hybridized carbons (Fsp3) is 0.250. The molecule has 4 heterocycles. The van der Waals surface area contributed by atoms with E-state index in [0.29, 0.717) is 22.7 Å². The van der Waals surface area contributed by atoms with Crippen LogP contribution in [0.4, 0.5) is 11.5 Å². The molecule has 0 aliphatic carbocycles. The van der Waals surface area contributed by atoms with Crippen LogP contribution in [0.5, 0.6) is 5.75 Å². The first-order valence-corrected chi connectivity index (χ1v) is 14.5. The van der Waals surface area contributed by atoms with Crippen molar-refractivity contribution in [3.05, 3.63) is 84.4 Å². The number of anilines is 2. The Kier molecular flexibility index (Phi) is 6.46. The second-order valence-corrected chi connectivity index (χ2v) is 11.5. The lowest BCUT2D eigenvalue weighted by Crippen LogP contribution is -2.34. The van der Waals surface area contributed by atoms with Gasteiger partial charge in [-0.2, -0.15) is 0 Å². The van der Waals surface area contributed by atoms with E-state index in [-0.39, 0.29) is 13.2 Å². The summed E-state index contributed by atoms with van der Waals surface area (Å²) < 4.78 is 37.1. The van der Waals surface area contributed by atoms with Crippen molar-refractivity contribution in [2.75, 3.05) is 11.9 Å². The van der Waals surface area contributed by atoms with Crippen molar-refractivity contribution >= 4 is 41.3 Å². The average molecular weight is 576 g/mol. The van der Waals surface area contributed by atoms with Crippen LogP contribution in [0.3, 0.4) is 0 Å². The third kappa shape index (κ3) is 4.64. The van der Waals surface area contributed by atoms with Crippen LogP contribution < -0.4 is 9.84 Å². The largest absolute Gasteiger partial charge is 0.530 e. The third-order valence-electron chi connectivity index (χ3n) is 7.28. The Morgan fingerprint density at radius 1 is 1.05 bits per heavy atom. The summed E-state index contributed by atoms with van der Waals surface area (Å²) in [6, 6.07) is 19.4. The summed E-state index contributed by atoms with van der Waals surface area (Å²) in [5.41, 5.74) is 3.25. The van der Waals surface area contributed by atoms with Gasteiger partial charge in [-0.05, 0) is 23.9 Å².